The van der Waals surface area contributed by atoms with Gasteiger partial charge in [0.1, 0.15) is 18.0 Å². The zero-order valence-electron chi connectivity index (χ0n) is 11.9. The molecular weight excluding hydrogens is 323 g/mol. The smallest absolute Gasteiger partial charge is 0.253 e. The molecule has 1 saturated heterocycles. The lowest BCUT2D eigenvalue weighted by Gasteiger charge is -2.17. The topological polar surface area (TPSA) is 87.5 Å². The summed E-state index contributed by atoms with van der Waals surface area (Å²) in [5.74, 6) is -1.59. The second-order valence-electron chi connectivity index (χ2n) is 5.55. The molecule has 1 aromatic heterocycles. The van der Waals surface area contributed by atoms with Crippen molar-refractivity contribution in [3.63, 3.8) is 0 Å². The molecule has 9 heteroatoms. The summed E-state index contributed by atoms with van der Waals surface area (Å²) in [6.07, 6.45) is 5.43. The number of phenols is 1. The van der Waals surface area contributed by atoms with Crippen LogP contribution in [0.5, 0.6) is 5.75 Å². The van der Waals surface area contributed by atoms with Crippen LogP contribution in [0.4, 0.5) is 10.1 Å². The van der Waals surface area contributed by atoms with Gasteiger partial charge in [0.15, 0.2) is 5.82 Å². The molecule has 4 rings (SSSR count). The predicted octanol–water partition coefficient (Wildman–Crippen LogP) is 1.24. The van der Waals surface area contributed by atoms with Crippen molar-refractivity contribution < 1.29 is 18.5 Å². The molecule has 2 aromatic rings. The first-order valence-corrected chi connectivity index (χ1v) is 8.20. The molecule has 2 fully saturated rings. The molecule has 2 N–H and O–H groups in total. The van der Waals surface area contributed by atoms with Crippen LogP contribution < -0.4 is 9.03 Å². The molecule has 1 atom stereocenters. The van der Waals surface area contributed by atoms with E-state index in [4.69, 9.17) is 0 Å². The van der Waals surface area contributed by atoms with Gasteiger partial charge in [-0.1, -0.05) is 0 Å². The normalized spacial score (nSPS) is 20.8. The molecule has 7 nitrogen and oxygen atoms in total. The van der Waals surface area contributed by atoms with Crippen LogP contribution in [0.15, 0.2) is 24.5 Å². The molecule has 0 spiro atoms. The summed E-state index contributed by atoms with van der Waals surface area (Å²) in [5, 5.41) is 14.2. The largest absolute Gasteiger partial charge is 0.506 e. The number of carbonyl (C=O) groups is 1. The molecule has 1 saturated carbocycles. The van der Waals surface area contributed by atoms with Crippen molar-refractivity contribution in [2.75, 3.05) is 10.8 Å². The number of rotatable bonds is 3. The van der Waals surface area contributed by atoms with Crippen molar-refractivity contribution in [3.8, 4) is 16.9 Å². The highest BCUT2D eigenvalue weighted by Gasteiger charge is 2.32. The second kappa shape index (κ2) is 5.05. The third-order valence-corrected chi connectivity index (χ3v) is 4.98. The molecule has 120 valence electrons. The quantitative estimate of drug-likeness (QED) is 0.883. The second-order valence-corrected chi connectivity index (χ2v) is 6.69. The van der Waals surface area contributed by atoms with Crippen molar-refractivity contribution in [3.05, 3.63) is 30.3 Å². The molecule has 2 heterocycles. The maximum absolute atomic E-state index is 14.9. The number of halogens is 1. The van der Waals surface area contributed by atoms with E-state index in [1.807, 2.05) is 0 Å². The molecule has 1 unspecified atom stereocenters. The van der Waals surface area contributed by atoms with Crippen LogP contribution in [-0.4, -0.2) is 31.5 Å². The van der Waals surface area contributed by atoms with Crippen LogP contribution in [-0.2, 0) is 16.0 Å². The van der Waals surface area contributed by atoms with Crippen LogP contribution in [0.3, 0.4) is 0 Å². The number of benzene rings is 1. The highest BCUT2D eigenvalue weighted by Crippen LogP contribution is 2.39. The summed E-state index contributed by atoms with van der Waals surface area (Å²) in [5.41, 5.74) is 0.555. The number of carbonyl (C=O) groups excluding carboxylic acids is 1. The Kier molecular flexibility index (Phi) is 3.12. The van der Waals surface area contributed by atoms with Crippen molar-refractivity contribution in [1.82, 2.24) is 14.5 Å². The first-order valence-electron chi connectivity index (χ1n) is 7.09. The number of hydrogen-bond acceptors (Lipinski definition) is 4. The van der Waals surface area contributed by atoms with Crippen LogP contribution in [0, 0.1) is 5.82 Å². The summed E-state index contributed by atoms with van der Waals surface area (Å²) < 4.78 is 31.7. The predicted molar refractivity (Wildman–Crippen MR) is 81.2 cm³/mol. The Morgan fingerprint density at radius 2 is 2.17 bits per heavy atom. The number of anilines is 1. The summed E-state index contributed by atoms with van der Waals surface area (Å²) in [6.45, 7) is -0.276. The Labute approximate surface area is 133 Å². The molecule has 1 aliphatic carbocycles. The fourth-order valence-electron chi connectivity index (χ4n) is 2.57. The summed E-state index contributed by atoms with van der Waals surface area (Å²) in [7, 11) is 0. The first kappa shape index (κ1) is 14.2. The number of nitrogens with zero attached hydrogens (tertiary/aromatic N) is 3. The molecule has 1 aromatic carbocycles. The average Bonchev–Trinajstić information content (AvgIpc) is 3.15. The zero-order valence-corrected chi connectivity index (χ0v) is 12.7. The lowest BCUT2D eigenvalue weighted by atomic mass is 10.1. The minimum absolute atomic E-state index is 0.237. The molecule has 23 heavy (non-hydrogen) atoms. The van der Waals surface area contributed by atoms with Gasteiger partial charge in [0.05, 0.1) is 12.2 Å². The Hall–Kier alpha value is -2.42. The Bertz CT molecular complexity index is 833. The highest BCUT2D eigenvalue weighted by molar-refractivity contribution is 7.85. The van der Waals surface area contributed by atoms with Gasteiger partial charge in [-0.3, -0.25) is 18.5 Å². The number of nitrogens with one attached hydrogen (secondary N) is 1. The fourth-order valence-corrected chi connectivity index (χ4v) is 3.51. The molecule has 2 aliphatic rings. The van der Waals surface area contributed by atoms with Gasteiger partial charge in [-0.2, -0.15) is 5.10 Å². The standard InChI is InChI=1S/C14H13FN4O3S/c15-13-10(8-5-16-18(6-8)9-1-2-9)3-4-11(20)14(13)19-7-12(21)17-23(19)22/h3-6,9,20H,1-2,7H2,(H,17,21). The maximum Gasteiger partial charge on any atom is 0.253 e. The van der Waals surface area contributed by atoms with Crippen molar-refractivity contribution in [1.29, 1.82) is 0 Å². The first-order chi connectivity index (χ1) is 11.0. The van der Waals surface area contributed by atoms with Crippen molar-refractivity contribution >= 4 is 22.8 Å². The molecular formula is C14H13FN4O3S. The number of hydrogen-bond donors (Lipinski definition) is 2. The Morgan fingerprint density at radius 3 is 2.83 bits per heavy atom. The minimum atomic E-state index is -1.91. The van der Waals surface area contributed by atoms with Gasteiger partial charge in [-0.15, -0.1) is 0 Å². The van der Waals surface area contributed by atoms with Gasteiger partial charge in [0, 0.05) is 17.3 Å². The van der Waals surface area contributed by atoms with Gasteiger partial charge in [0.2, 0.25) is 11.2 Å². The van der Waals surface area contributed by atoms with E-state index in [1.54, 1.807) is 17.1 Å². The van der Waals surface area contributed by atoms with Crippen molar-refractivity contribution in [2.24, 2.45) is 0 Å². The van der Waals surface area contributed by atoms with Gasteiger partial charge in [-0.25, -0.2) is 8.60 Å². The zero-order chi connectivity index (χ0) is 16.1. The Balaban J connectivity index is 1.78. The van der Waals surface area contributed by atoms with E-state index in [9.17, 15) is 18.5 Å². The van der Waals surface area contributed by atoms with Gasteiger partial charge in [0.25, 0.3) is 5.91 Å². The van der Waals surface area contributed by atoms with E-state index in [0.717, 1.165) is 17.1 Å². The van der Waals surface area contributed by atoms with E-state index in [0.29, 0.717) is 11.6 Å². The molecule has 0 radical (unpaired) electrons. The number of phenolic OH excluding ortho intramolecular Hbond substituents is 1. The van der Waals surface area contributed by atoms with Gasteiger partial charge >= 0.3 is 0 Å². The van der Waals surface area contributed by atoms with Crippen molar-refractivity contribution in [2.45, 2.75) is 18.9 Å². The van der Waals surface area contributed by atoms with E-state index in [1.165, 1.54) is 12.1 Å². The van der Waals surface area contributed by atoms with Gasteiger partial charge in [-0.05, 0) is 25.0 Å². The lowest BCUT2D eigenvalue weighted by Crippen LogP contribution is -2.23. The van der Waals surface area contributed by atoms with E-state index in [2.05, 4.69) is 9.82 Å². The van der Waals surface area contributed by atoms with E-state index < -0.39 is 22.9 Å². The third kappa shape index (κ3) is 2.37. The van der Waals surface area contributed by atoms with E-state index >= 15 is 0 Å². The average molecular weight is 336 g/mol. The van der Waals surface area contributed by atoms with E-state index in [-0.39, 0.29) is 23.5 Å². The fraction of sp³-hybridized carbons (Fsp3) is 0.286. The van der Waals surface area contributed by atoms with Crippen LogP contribution in [0.2, 0.25) is 0 Å². The molecule has 1 amide bonds. The summed E-state index contributed by atoms with van der Waals surface area (Å²) in [6, 6.07) is 3.13. The minimum Gasteiger partial charge on any atom is -0.506 e. The maximum atomic E-state index is 14.9. The van der Waals surface area contributed by atoms with Crippen LogP contribution in [0.1, 0.15) is 18.9 Å². The third-order valence-electron chi connectivity index (χ3n) is 3.87. The Morgan fingerprint density at radius 1 is 1.39 bits per heavy atom. The van der Waals surface area contributed by atoms with Crippen LogP contribution in [0.25, 0.3) is 11.1 Å². The highest BCUT2D eigenvalue weighted by atomic mass is 32.2. The number of aromatic hydroxyl groups is 1. The lowest BCUT2D eigenvalue weighted by molar-refractivity contribution is -0.117. The summed E-state index contributed by atoms with van der Waals surface area (Å²) in [4.78, 5) is 11.3. The number of amides is 1. The molecule has 1 aliphatic heterocycles. The monoisotopic (exact) mass is 336 g/mol. The SMILES string of the molecule is O=C1CN(c2c(O)ccc(-c3cnn(C4CC4)c3)c2F)S(=O)N1. The van der Waals surface area contributed by atoms with Gasteiger partial charge < -0.3 is 5.11 Å². The number of aromatic nitrogens is 2. The van der Waals surface area contributed by atoms with Crippen LogP contribution >= 0.6 is 0 Å². The summed E-state index contributed by atoms with van der Waals surface area (Å²) >= 11 is -1.91. The molecule has 0 bridgehead atoms.